The molecule has 0 aliphatic carbocycles. The quantitative estimate of drug-likeness (QED) is 0.644. The minimum Gasteiger partial charge on any atom is -0.481 e. The van der Waals surface area contributed by atoms with Gasteiger partial charge in [-0.15, -0.1) is 0 Å². The summed E-state index contributed by atoms with van der Waals surface area (Å²) in [6.07, 6.45) is 4.80. The van der Waals surface area contributed by atoms with Gasteiger partial charge in [0.15, 0.2) is 0 Å². The molecule has 0 saturated carbocycles. The van der Waals surface area contributed by atoms with Gasteiger partial charge in [0.2, 0.25) is 0 Å². The second-order valence-electron chi connectivity index (χ2n) is 3.53. The van der Waals surface area contributed by atoms with Crippen LogP contribution in [-0.2, 0) is 4.79 Å². The van der Waals surface area contributed by atoms with Crippen molar-refractivity contribution in [1.29, 1.82) is 0 Å². The Labute approximate surface area is 74.3 Å². The summed E-state index contributed by atoms with van der Waals surface area (Å²) in [5.41, 5.74) is 0. The molecule has 0 heterocycles. The normalized spacial score (nSPS) is 14.0. The third kappa shape index (κ3) is 5.96. The fourth-order valence-corrected chi connectivity index (χ4v) is 0.767. The monoisotopic (exact) mass is 170 g/mol. The van der Waals surface area contributed by atoms with Crippen LogP contribution in [0.25, 0.3) is 0 Å². The standard InChI is InChI=1S/C10H18O2/c1-8(2)9(3)6-4-5-7-10(11)12/h4-5,8-9H,6-7H2,1-3H3,(H,11,12). The van der Waals surface area contributed by atoms with E-state index in [1.807, 2.05) is 6.08 Å². The molecule has 2 heteroatoms. The molecule has 0 aliphatic heterocycles. The molecule has 0 bridgehead atoms. The molecule has 12 heavy (non-hydrogen) atoms. The Balaban J connectivity index is 3.53. The van der Waals surface area contributed by atoms with Crippen LogP contribution in [0.2, 0.25) is 0 Å². The fourth-order valence-electron chi connectivity index (χ4n) is 0.767. The van der Waals surface area contributed by atoms with Crippen molar-refractivity contribution < 1.29 is 9.90 Å². The molecular formula is C10H18O2. The number of allylic oxidation sites excluding steroid dienone is 1. The summed E-state index contributed by atoms with van der Waals surface area (Å²) >= 11 is 0. The first-order valence-electron chi connectivity index (χ1n) is 4.40. The van der Waals surface area contributed by atoms with Crippen molar-refractivity contribution in [3.8, 4) is 0 Å². The zero-order valence-electron chi connectivity index (χ0n) is 8.08. The van der Waals surface area contributed by atoms with E-state index in [0.29, 0.717) is 11.8 Å². The van der Waals surface area contributed by atoms with Gasteiger partial charge in [-0.25, -0.2) is 0 Å². The summed E-state index contributed by atoms with van der Waals surface area (Å²) in [5.74, 6) is 0.540. The number of rotatable bonds is 5. The first-order chi connectivity index (χ1) is 5.54. The lowest BCUT2D eigenvalue weighted by molar-refractivity contribution is -0.136. The number of aliphatic carboxylic acids is 1. The molecule has 0 rings (SSSR count). The topological polar surface area (TPSA) is 37.3 Å². The van der Waals surface area contributed by atoms with Crippen molar-refractivity contribution in [3.63, 3.8) is 0 Å². The molecule has 0 aromatic rings. The molecule has 0 spiro atoms. The number of carbonyl (C=O) groups is 1. The highest BCUT2D eigenvalue weighted by Gasteiger charge is 2.03. The van der Waals surface area contributed by atoms with Gasteiger partial charge in [0, 0.05) is 0 Å². The third-order valence-electron chi connectivity index (χ3n) is 2.11. The summed E-state index contributed by atoms with van der Waals surface area (Å²) in [5, 5.41) is 8.34. The Morgan fingerprint density at radius 2 is 1.92 bits per heavy atom. The molecule has 1 unspecified atom stereocenters. The first-order valence-corrected chi connectivity index (χ1v) is 4.40. The summed E-state index contributed by atoms with van der Waals surface area (Å²) in [4.78, 5) is 10.1. The number of hydrogen-bond acceptors (Lipinski definition) is 1. The van der Waals surface area contributed by atoms with E-state index >= 15 is 0 Å². The van der Waals surface area contributed by atoms with E-state index in [1.165, 1.54) is 0 Å². The molecule has 0 amide bonds. The molecule has 2 nitrogen and oxygen atoms in total. The molecule has 0 aromatic carbocycles. The molecule has 0 saturated heterocycles. The fraction of sp³-hybridized carbons (Fsp3) is 0.700. The molecule has 0 radical (unpaired) electrons. The van der Waals surface area contributed by atoms with E-state index in [-0.39, 0.29) is 6.42 Å². The van der Waals surface area contributed by atoms with Gasteiger partial charge in [0.25, 0.3) is 0 Å². The molecule has 0 fully saturated rings. The van der Waals surface area contributed by atoms with Gasteiger partial charge in [0.05, 0.1) is 6.42 Å². The van der Waals surface area contributed by atoms with Gasteiger partial charge < -0.3 is 5.11 Å². The highest BCUT2D eigenvalue weighted by Crippen LogP contribution is 2.14. The molecular weight excluding hydrogens is 152 g/mol. The Bertz CT molecular complexity index is 159. The van der Waals surface area contributed by atoms with Crippen LogP contribution >= 0.6 is 0 Å². The van der Waals surface area contributed by atoms with Crippen molar-refractivity contribution in [1.82, 2.24) is 0 Å². The van der Waals surface area contributed by atoms with Crippen molar-refractivity contribution in [3.05, 3.63) is 12.2 Å². The van der Waals surface area contributed by atoms with Crippen LogP contribution in [0.5, 0.6) is 0 Å². The highest BCUT2D eigenvalue weighted by atomic mass is 16.4. The summed E-state index contributed by atoms with van der Waals surface area (Å²) in [6.45, 7) is 6.53. The van der Waals surface area contributed by atoms with Crippen LogP contribution < -0.4 is 0 Å². The van der Waals surface area contributed by atoms with Crippen LogP contribution in [0.4, 0.5) is 0 Å². The van der Waals surface area contributed by atoms with E-state index in [4.69, 9.17) is 5.11 Å². The molecule has 1 atom stereocenters. The van der Waals surface area contributed by atoms with E-state index in [0.717, 1.165) is 6.42 Å². The van der Waals surface area contributed by atoms with Crippen molar-refractivity contribution in [2.75, 3.05) is 0 Å². The van der Waals surface area contributed by atoms with Crippen LogP contribution in [0.3, 0.4) is 0 Å². The summed E-state index contributed by atoms with van der Waals surface area (Å²) in [7, 11) is 0. The van der Waals surface area contributed by atoms with Crippen LogP contribution in [-0.4, -0.2) is 11.1 Å². The summed E-state index contributed by atoms with van der Waals surface area (Å²) in [6, 6.07) is 0. The van der Waals surface area contributed by atoms with Gasteiger partial charge in [-0.2, -0.15) is 0 Å². The Morgan fingerprint density at radius 1 is 1.33 bits per heavy atom. The maximum Gasteiger partial charge on any atom is 0.307 e. The van der Waals surface area contributed by atoms with Crippen molar-refractivity contribution in [2.45, 2.75) is 33.6 Å². The number of carboxylic acid groups (broad SMARTS) is 1. The Kier molecular flexibility index (Phi) is 5.43. The van der Waals surface area contributed by atoms with Crippen LogP contribution in [0.15, 0.2) is 12.2 Å². The molecule has 0 aliphatic rings. The zero-order valence-corrected chi connectivity index (χ0v) is 8.08. The average Bonchev–Trinajstić information content (AvgIpc) is 1.97. The minimum absolute atomic E-state index is 0.144. The van der Waals surface area contributed by atoms with E-state index in [2.05, 4.69) is 20.8 Å². The predicted molar refractivity (Wildman–Crippen MR) is 50.0 cm³/mol. The van der Waals surface area contributed by atoms with Crippen LogP contribution in [0, 0.1) is 11.8 Å². The molecule has 70 valence electrons. The second-order valence-corrected chi connectivity index (χ2v) is 3.53. The van der Waals surface area contributed by atoms with Crippen molar-refractivity contribution in [2.24, 2.45) is 11.8 Å². The van der Waals surface area contributed by atoms with E-state index in [1.54, 1.807) is 6.08 Å². The number of carboxylic acids is 1. The lowest BCUT2D eigenvalue weighted by Gasteiger charge is -2.11. The SMILES string of the molecule is CC(C)C(C)CC=CCC(=O)O. The first kappa shape index (κ1) is 11.2. The molecule has 1 N–H and O–H groups in total. The third-order valence-corrected chi connectivity index (χ3v) is 2.11. The maximum absolute atomic E-state index is 10.1. The van der Waals surface area contributed by atoms with Gasteiger partial charge in [-0.3, -0.25) is 4.79 Å². The minimum atomic E-state index is -0.761. The second kappa shape index (κ2) is 5.81. The van der Waals surface area contributed by atoms with Gasteiger partial charge >= 0.3 is 5.97 Å². The van der Waals surface area contributed by atoms with Crippen molar-refractivity contribution >= 4 is 5.97 Å². The lowest BCUT2D eigenvalue weighted by Crippen LogP contribution is -2.01. The zero-order chi connectivity index (χ0) is 9.56. The Morgan fingerprint density at radius 3 is 2.33 bits per heavy atom. The maximum atomic E-state index is 10.1. The lowest BCUT2D eigenvalue weighted by atomic mass is 9.94. The predicted octanol–water partition coefficient (Wildman–Crippen LogP) is 2.70. The summed E-state index contributed by atoms with van der Waals surface area (Å²) < 4.78 is 0. The van der Waals surface area contributed by atoms with E-state index in [9.17, 15) is 4.79 Å². The van der Waals surface area contributed by atoms with Crippen LogP contribution in [0.1, 0.15) is 33.6 Å². The average molecular weight is 170 g/mol. The Hall–Kier alpha value is -0.790. The smallest absolute Gasteiger partial charge is 0.307 e. The number of hydrogen-bond donors (Lipinski definition) is 1. The van der Waals surface area contributed by atoms with Gasteiger partial charge in [-0.1, -0.05) is 32.9 Å². The van der Waals surface area contributed by atoms with E-state index < -0.39 is 5.97 Å². The largest absolute Gasteiger partial charge is 0.481 e. The van der Waals surface area contributed by atoms with Gasteiger partial charge in [0.1, 0.15) is 0 Å². The molecule has 0 aromatic heterocycles. The van der Waals surface area contributed by atoms with Gasteiger partial charge in [-0.05, 0) is 18.3 Å². The highest BCUT2D eigenvalue weighted by molar-refractivity contribution is 5.68.